The van der Waals surface area contributed by atoms with Gasteiger partial charge in [0, 0.05) is 29.7 Å². The number of fused-ring (bicyclic) bond motifs is 2. The van der Waals surface area contributed by atoms with Gasteiger partial charge in [0.15, 0.2) is 0 Å². The van der Waals surface area contributed by atoms with Gasteiger partial charge in [-0.05, 0) is 64.9 Å². The van der Waals surface area contributed by atoms with Crippen molar-refractivity contribution >= 4 is 34.7 Å². The molecule has 28 heavy (non-hydrogen) atoms. The van der Waals surface area contributed by atoms with Crippen LogP contribution in [0.15, 0.2) is 48.0 Å². The number of carbonyl (C=O) groups excluding carboxylic acids is 1. The monoisotopic (exact) mass is 416 g/mol. The van der Waals surface area contributed by atoms with Crippen molar-refractivity contribution in [1.29, 1.82) is 0 Å². The summed E-state index contributed by atoms with van der Waals surface area (Å²) in [6.45, 7) is 1.63. The summed E-state index contributed by atoms with van der Waals surface area (Å²) in [5, 5.41) is 13.8. The number of halogens is 2. The maximum Gasteiger partial charge on any atom is 0.244 e. The molecule has 0 saturated heterocycles. The molecule has 0 radical (unpaired) electrons. The van der Waals surface area contributed by atoms with Crippen molar-refractivity contribution in [3.05, 3.63) is 74.8 Å². The van der Waals surface area contributed by atoms with Gasteiger partial charge in [-0.2, -0.15) is 0 Å². The third kappa shape index (κ3) is 3.83. The molecule has 1 atom stereocenters. The van der Waals surface area contributed by atoms with Crippen molar-refractivity contribution < 1.29 is 9.90 Å². The lowest BCUT2D eigenvalue weighted by Gasteiger charge is -2.32. The minimum absolute atomic E-state index is 0.0244. The van der Waals surface area contributed by atoms with Crippen molar-refractivity contribution in [1.82, 2.24) is 10.2 Å². The van der Waals surface area contributed by atoms with Crippen LogP contribution in [0.2, 0.25) is 10.0 Å². The average molecular weight is 417 g/mol. The summed E-state index contributed by atoms with van der Waals surface area (Å²) in [5.41, 5.74) is 6.02. The van der Waals surface area contributed by atoms with Gasteiger partial charge in [0.2, 0.25) is 5.91 Å². The Morgan fingerprint density at radius 2 is 1.89 bits per heavy atom. The Morgan fingerprint density at radius 3 is 2.64 bits per heavy atom. The van der Waals surface area contributed by atoms with Crippen molar-refractivity contribution in [2.24, 2.45) is 0 Å². The van der Waals surface area contributed by atoms with E-state index in [1.807, 2.05) is 29.2 Å². The van der Waals surface area contributed by atoms with Gasteiger partial charge in [0.05, 0.1) is 6.61 Å². The molecule has 1 aliphatic heterocycles. The summed E-state index contributed by atoms with van der Waals surface area (Å²) in [4.78, 5) is 15.2. The van der Waals surface area contributed by atoms with Crippen molar-refractivity contribution in [2.75, 3.05) is 26.2 Å². The summed E-state index contributed by atoms with van der Waals surface area (Å²) in [7, 11) is 0. The third-order valence-electron chi connectivity index (χ3n) is 5.46. The molecule has 2 aliphatic rings. The Morgan fingerprint density at radius 1 is 1.14 bits per heavy atom. The molecule has 0 bridgehead atoms. The first-order chi connectivity index (χ1) is 13.6. The lowest BCUT2D eigenvalue weighted by molar-refractivity contribution is -0.133. The summed E-state index contributed by atoms with van der Waals surface area (Å²) < 4.78 is 0. The van der Waals surface area contributed by atoms with E-state index in [2.05, 4.69) is 11.4 Å². The zero-order chi connectivity index (χ0) is 19.7. The predicted octanol–water partition coefficient (Wildman–Crippen LogP) is 3.86. The highest BCUT2D eigenvalue weighted by atomic mass is 35.5. The third-order valence-corrected chi connectivity index (χ3v) is 5.95. The Labute approximate surface area is 174 Å². The number of benzene rings is 2. The van der Waals surface area contributed by atoms with Crippen LogP contribution in [0.25, 0.3) is 5.57 Å². The van der Waals surface area contributed by atoms with Crippen LogP contribution in [0.4, 0.5) is 0 Å². The molecule has 1 amide bonds. The van der Waals surface area contributed by atoms with Crippen molar-refractivity contribution in [3.8, 4) is 0 Å². The summed E-state index contributed by atoms with van der Waals surface area (Å²) in [6.07, 6.45) is 1.71. The molecule has 1 heterocycles. The fourth-order valence-electron chi connectivity index (χ4n) is 4.11. The zero-order valence-electron chi connectivity index (χ0n) is 15.4. The minimum Gasteiger partial charge on any atom is -0.395 e. The molecular formula is C22H22Cl2N2O2. The number of hydrogen-bond acceptors (Lipinski definition) is 3. The number of hydrogen-bond donors (Lipinski definition) is 2. The average Bonchev–Trinajstić information content (AvgIpc) is 3.06. The van der Waals surface area contributed by atoms with Gasteiger partial charge in [0.25, 0.3) is 0 Å². The van der Waals surface area contributed by atoms with Crippen molar-refractivity contribution in [3.63, 3.8) is 0 Å². The first-order valence-electron chi connectivity index (χ1n) is 9.45. The molecule has 4 rings (SSSR count). The molecular weight excluding hydrogens is 395 g/mol. The molecule has 146 valence electrons. The van der Waals surface area contributed by atoms with Gasteiger partial charge in [0.1, 0.15) is 6.04 Å². The maximum absolute atomic E-state index is 13.3. The number of rotatable bonds is 5. The number of aliphatic hydroxyl groups excluding tert-OH is 1. The lowest BCUT2D eigenvalue weighted by Crippen LogP contribution is -2.44. The predicted molar refractivity (Wildman–Crippen MR) is 113 cm³/mol. The Bertz CT molecular complexity index is 925. The highest BCUT2D eigenvalue weighted by Gasteiger charge is 2.32. The van der Waals surface area contributed by atoms with Crippen LogP contribution >= 0.6 is 23.2 Å². The van der Waals surface area contributed by atoms with Gasteiger partial charge in [-0.1, -0.05) is 41.4 Å². The van der Waals surface area contributed by atoms with Gasteiger partial charge in [-0.3, -0.25) is 10.1 Å². The summed E-state index contributed by atoms with van der Waals surface area (Å²) in [6, 6.07) is 12.8. The molecule has 2 N–H and O–H groups in total. The first kappa shape index (κ1) is 19.5. The van der Waals surface area contributed by atoms with E-state index < -0.39 is 6.04 Å². The normalized spacial score (nSPS) is 16.8. The van der Waals surface area contributed by atoms with Crippen LogP contribution in [0, 0.1) is 0 Å². The first-order valence-corrected chi connectivity index (χ1v) is 10.2. The van der Waals surface area contributed by atoms with Gasteiger partial charge < -0.3 is 10.0 Å². The van der Waals surface area contributed by atoms with E-state index >= 15 is 0 Å². The Kier molecular flexibility index (Phi) is 5.74. The molecule has 0 aromatic heterocycles. The topological polar surface area (TPSA) is 52.6 Å². The van der Waals surface area contributed by atoms with E-state index in [9.17, 15) is 9.90 Å². The van der Waals surface area contributed by atoms with E-state index in [1.165, 1.54) is 22.3 Å². The SMILES string of the molecule is O=C(C(NCCO)c1ccc(Cl)cc1)N1CCC2=C(Cc3ccc(Cl)cc32)C1. The molecule has 4 nitrogen and oxygen atoms in total. The highest BCUT2D eigenvalue weighted by Crippen LogP contribution is 2.39. The largest absolute Gasteiger partial charge is 0.395 e. The fourth-order valence-corrected chi connectivity index (χ4v) is 4.41. The van der Waals surface area contributed by atoms with E-state index in [0.717, 1.165) is 23.4 Å². The summed E-state index contributed by atoms with van der Waals surface area (Å²) in [5.74, 6) is 0.0244. The van der Waals surface area contributed by atoms with Crippen molar-refractivity contribution in [2.45, 2.75) is 18.9 Å². The van der Waals surface area contributed by atoms with E-state index in [1.54, 1.807) is 12.1 Å². The van der Waals surface area contributed by atoms with E-state index in [4.69, 9.17) is 23.2 Å². The number of carbonyl (C=O) groups is 1. The summed E-state index contributed by atoms with van der Waals surface area (Å²) >= 11 is 12.2. The second kappa shape index (κ2) is 8.26. The smallest absolute Gasteiger partial charge is 0.244 e. The number of amides is 1. The van der Waals surface area contributed by atoms with Crippen LogP contribution in [0.3, 0.4) is 0 Å². The van der Waals surface area contributed by atoms with Gasteiger partial charge in [-0.25, -0.2) is 0 Å². The minimum atomic E-state index is -0.496. The fraction of sp³-hybridized carbons (Fsp3) is 0.318. The molecule has 0 saturated carbocycles. The number of nitrogens with one attached hydrogen (secondary N) is 1. The van der Waals surface area contributed by atoms with Crippen LogP contribution in [0.1, 0.15) is 29.2 Å². The standard InChI is InChI=1S/C22H22Cl2N2O2/c23-17-4-1-14(2-5-17)21(25-8-10-27)22(28)26-9-7-19-16(13-26)11-15-3-6-18(24)12-20(15)19/h1-6,12,21,25,27H,7-11,13H2. The lowest BCUT2D eigenvalue weighted by atomic mass is 9.97. The molecule has 0 fully saturated rings. The van der Waals surface area contributed by atoms with E-state index in [0.29, 0.717) is 24.7 Å². The number of aliphatic hydroxyl groups is 1. The molecule has 1 aliphatic carbocycles. The second-order valence-corrected chi connectivity index (χ2v) is 8.11. The maximum atomic E-state index is 13.3. The van der Waals surface area contributed by atoms with Gasteiger partial charge in [-0.15, -0.1) is 0 Å². The Hall–Kier alpha value is -1.85. The van der Waals surface area contributed by atoms with Crippen LogP contribution in [0.5, 0.6) is 0 Å². The highest BCUT2D eigenvalue weighted by molar-refractivity contribution is 6.31. The number of nitrogens with zero attached hydrogens (tertiary/aromatic N) is 1. The molecule has 2 aromatic carbocycles. The van der Waals surface area contributed by atoms with Crippen LogP contribution < -0.4 is 5.32 Å². The molecule has 2 aromatic rings. The molecule has 0 spiro atoms. The van der Waals surface area contributed by atoms with Crippen LogP contribution in [-0.2, 0) is 11.2 Å². The van der Waals surface area contributed by atoms with Gasteiger partial charge >= 0.3 is 0 Å². The zero-order valence-corrected chi connectivity index (χ0v) is 16.9. The van der Waals surface area contributed by atoms with Crippen LogP contribution in [-0.4, -0.2) is 42.2 Å². The van der Waals surface area contributed by atoms with E-state index in [-0.39, 0.29) is 12.5 Å². The quantitative estimate of drug-likeness (QED) is 0.777. The second-order valence-electron chi connectivity index (χ2n) is 7.23. The molecule has 6 heteroatoms. The Balaban J connectivity index is 1.54. The molecule has 1 unspecified atom stereocenters.